The predicted molar refractivity (Wildman–Crippen MR) is 123 cm³/mol. The molecule has 5 nitrogen and oxygen atoms in total. The van der Waals surface area contributed by atoms with E-state index >= 15 is 0 Å². The standard InChI is InChI=1S/C24H28ClN3O2/c1-18-15-24(29)26-23-8-7-21(16-22(18)23)30-14-2-9-27-10-12-28(13-11-27)17-19-3-5-20(25)6-4-19/h3-8,15-16H,2,9-14,17H2,1H3,(H,26,29). The summed E-state index contributed by atoms with van der Waals surface area (Å²) >= 11 is 5.97. The number of nitrogens with zero attached hydrogens (tertiary/aromatic N) is 2. The van der Waals surface area contributed by atoms with E-state index in [0.29, 0.717) is 6.61 Å². The molecule has 30 heavy (non-hydrogen) atoms. The minimum Gasteiger partial charge on any atom is -0.494 e. The van der Waals surface area contributed by atoms with Gasteiger partial charge in [-0.05, 0) is 54.8 Å². The Morgan fingerprint density at radius 2 is 1.73 bits per heavy atom. The van der Waals surface area contributed by atoms with Crippen LogP contribution < -0.4 is 10.3 Å². The van der Waals surface area contributed by atoms with Crippen LogP contribution in [0.5, 0.6) is 5.75 Å². The van der Waals surface area contributed by atoms with Crippen molar-refractivity contribution in [1.29, 1.82) is 0 Å². The van der Waals surface area contributed by atoms with Crippen LogP contribution in [-0.2, 0) is 6.54 Å². The molecule has 0 radical (unpaired) electrons. The van der Waals surface area contributed by atoms with E-state index in [1.807, 2.05) is 37.3 Å². The van der Waals surface area contributed by atoms with Gasteiger partial charge in [-0.1, -0.05) is 23.7 Å². The summed E-state index contributed by atoms with van der Waals surface area (Å²) in [7, 11) is 0. The highest BCUT2D eigenvalue weighted by molar-refractivity contribution is 6.30. The highest BCUT2D eigenvalue weighted by atomic mass is 35.5. The number of aryl methyl sites for hydroxylation is 1. The highest BCUT2D eigenvalue weighted by Gasteiger charge is 2.16. The molecule has 1 aliphatic rings. The van der Waals surface area contributed by atoms with Crippen LogP contribution in [0.2, 0.25) is 5.02 Å². The minimum absolute atomic E-state index is 0.0677. The maximum atomic E-state index is 11.6. The van der Waals surface area contributed by atoms with Gasteiger partial charge in [0.2, 0.25) is 5.56 Å². The zero-order valence-electron chi connectivity index (χ0n) is 17.4. The lowest BCUT2D eigenvalue weighted by molar-refractivity contribution is 0.121. The monoisotopic (exact) mass is 425 g/mol. The minimum atomic E-state index is -0.0677. The van der Waals surface area contributed by atoms with Crippen molar-refractivity contribution in [2.24, 2.45) is 0 Å². The van der Waals surface area contributed by atoms with E-state index in [4.69, 9.17) is 16.3 Å². The quantitative estimate of drug-likeness (QED) is 0.579. The summed E-state index contributed by atoms with van der Waals surface area (Å²) < 4.78 is 5.96. The summed E-state index contributed by atoms with van der Waals surface area (Å²) in [6.45, 7) is 9.05. The average molecular weight is 426 g/mol. The molecule has 6 heteroatoms. The summed E-state index contributed by atoms with van der Waals surface area (Å²) in [5.74, 6) is 0.852. The van der Waals surface area contributed by atoms with Crippen molar-refractivity contribution in [3.63, 3.8) is 0 Å². The number of benzene rings is 2. The highest BCUT2D eigenvalue weighted by Crippen LogP contribution is 2.21. The first kappa shape index (κ1) is 20.9. The van der Waals surface area contributed by atoms with Crippen molar-refractivity contribution in [3.05, 3.63) is 75.0 Å². The number of pyridine rings is 1. The zero-order chi connectivity index (χ0) is 20.9. The number of hydrogen-bond donors (Lipinski definition) is 1. The molecule has 1 N–H and O–H groups in total. The van der Waals surface area contributed by atoms with Gasteiger partial charge in [-0.3, -0.25) is 9.69 Å². The molecular formula is C24H28ClN3O2. The fraction of sp³-hybridized carbons (Fsp3) is 0.375. The number of piperazine rings is 1. The predicted octanol–water partition coefficient (Wildman–Crippen LogP) is 4.08. The number of rotatable bonds is 7. The molecule has 0 amide bonds. The Balaban J connectivity index is 1.19. The second kappa shape index (κ2) is 9.65. The molecule has 158 valence electrons. The van der Waals surface area contributed by atoms with Gasteiger partial charge in [0.1, 0.15) is 5.75 Å². The number of fused-ring (bicyclic) bond motifs is 1. The number of hydrogen-bond acceptors (Lipinski definition) is 4. The van der Waals surface area contributed by atoms with E-state index in [-0.39, 0.29) is 5.56 Å². The van der Waals surface area contributed by atoms with Gasteiger partial charge in [0, 0.05) is 61.3 Å². The molecule has 2 aromatic carbocycles. The Hall–Kier alpha value is -2.34. The molecule has 0 unspecified atom stereocenters. The molecule has 3 aromatic rings. The molecule has 0 atom stereocenters. The maximum Gasteiger partial charge on any atom is 0.248 e. The summed E-state index contributed by atoms with van der Waals surface area (Å²) in [6, 6.07) is 15.6. The lowest BCUT2D eigenvalue weighted by Crippen LogP contribution is -2.46. The topological polar surface area (TPSA) is 48.6 Å². The van der Waals surface area contributed by atoms with E-state index in [2.05, 4.69) is 26.9 Å². The molecule has 0 bridgehead atoms. The van der Waals surface area contributed by atoms with Crippen LogP contribution >= 0.6 is 11.6 Å². The Bertz CT molecular complexity index is 1040. The summed E-state index contributed by atoms with van der Waals surface area (Å²) in [5, 5.41) is 1.82. The van der Waals surface area contributed by atoms with Crippen LogP contribution in [0.4, 0.5) is 0 Å². The maximum absolute atomic E-state index is 11.6. The molecule has 4 rings (SSSR count). The van der Waals surface area contributed by atoms with Crippen molar-refractivity contribution in [3.8, 4) is 5.75 Å². The largest absolute Gasteiger partial charge is 0.494 e. The van der Waals surface area contributed by atoms with Gasteiger partial charge >= 0.3 is 0 Å². The van der Waals surface area contributed by atoms with Gasteiger partial charge in [-0.25, -0.2) is 0 Å². The van der Waals surface area contributed by atoms with Crippen LogP contribution in [0.1, 0.15) is 17.5 Å². The van der Waals surface area contributed by atoms with E-state index in [1.165, 1.54) is 5.56 Å². The van der Waals surface area contributed by atoms with E-state index in [1.54, 1.807) is 6.07 Å². The lowest BCUT2D eigenvalue weighted by Gasteiger charge is -2.34. The molecule has 0 spiro atoms. The number of halogens is 1. The lowest BCUT2D eigenvalue weighted by atomic mass is 10.1. The third-order valence-corrected chi connectivity index (χ3v) is 5.95. The van der Waals surface area contributed by atoms with Crippen LogP contribution in [0, 0.1) is 6.92 Å². The number of aromatic amines is 1. The third-order valence-electron chi connectivity index (χ3n) is 5.69. The second-order valence-corrected chi connectivity index (χ2v) is 8.41. The van der Waals surface area contributed by atoms with E-state index < -0.39 is 0 Å². The number of H-pyrrole nitrogens is 1. The van der Waals surface area contributed by atoms with Crippen molar-refractivity contribution in [1.82, 2.24) is 14.8 Å². The van der Waals surface area contributed by atoms with Crippen LogP contribution in [0.3, 0.4) is 0 Å². The Morgan fingerprint density at radius 1 is 1.00 bits per heavy atom. The van der Waals surface area contributed by atoms with Gasteiger partial charge in [-0.15, -0.1) is 0 Å². The third kappa shape index (κ3) is 5.42. The summed E-state index contributed by atoms with van der Waals surface area (Å²) in [4.78, 5) is 19.4. The molecule has 0 aliphatic carbocycles. The van der Waals surface area contributed by atoms with Crippen molar-refractivity contribution in [2.45, 2.75) is 19.9 Å². The fourth-order valence-electron chi connectivity index (χ4n) is 3.99. The zero-order valence-corrected chi connectivity index (χ0v) is 18.1. The van der Waals surface area contributed by atoms with Crippen LogP contribution in [0.15, 0.2) is 53.3 Å². The fourth-order valence-corrected chi connectivity index (χ4v) is 4.11. The number of aromatic nitrogens is 1. The van der Waals surface area contributed by atoms with Crippen molar-refractivity contribution >= 4 is 22.5 Å². The summed E-state index contributed by atoms with van der Waals surface area (Å²) in [5.41, 5.74) is 3.07. The first-order valence-corrected chi connectivity index (χ1v) is 10.9. The van der Waals surface area contributed by atoms with Gasteiger partial charge in [0.25, 0.3) is 0 Å². The Labute approximate surface area is 182 Å². The molecule has 1 aromatic heterocycles. The second-order valence-electron chi connectivity index (χ2n) is 7.97. The average Bonchev–Trinajstić information content (AvgIpc) is 2.74. The van der Waals surface area contributed by atoms with Crippen molar-refractivity contribution < 1.29 is 4.74 Å². The van der Waals surface area contributed by atoms with Gasteiger partial charge in [0.05, 0.1) is 6.61 Å². The first-order chi connectivity index (χ1) is 14.6. The molecular weight excluding hydrogens is 398 g/mol. The van der Waals surface area contributed by atoms with Gasteiger partial charge in [-0.2, -0.15) is 0 Å². The Morgan fingerprint density at radius 3 is 2.50 bits per heavy atom. The molecule has 0 saturated carbocycles. The first-order valence-electron chi connectivity index (χ1n) is 10.5. The van der Waals surface area contributed by atoms with Crippen molar-refractivity contribution in [2.75, 3.05) is 39.3 Å². The molecule has 2 heterocycles. The molecule has 1 saturated heterocycles. The molecule has 1 fully saturated rings. The normalized spacial score (nSPS) is 15.5. The van der Waals surface area contributed by atoms with E-state index in [9.17, 15) is 4.79 Å². The van der Waals surface area contributed by atoms with Crippen LogP contribution in [0.25, 0.3) is 10.9 Å². The smallest absolute Gasteiger partial charge is 0.248 e. The van der Waals surface area contributed by atoms with E-state index in [0.717, 1.165) is 72.9 Å². The van der Waals surface area contributed by atoms with Gasteiger partial charge < -0.3 is 14.6 Å². The number of nitrogens with one attached hydrogen (secondary N) is 1. The summed E-state index contributed by atoms with van der Waals surface area (Å²) in [6.07, 6.45) is 1.000. The number of ether oxygens (including phenoxy) is 1. The molecule has 1 aliphatic heterocycles. The SMILES string of the molecule is Cc1cc(=O)[nH]c2ccc(OCCCN3CCN(Cc4ccc(Cl)cc4)CC3)cc12. The Kier molecular flexibility index (Phi) is 6.72. The van der Waals surface area contributed by atoms with Crippen LogP contribution in [-0.4, -0.2) is 54.1 Å². The van der Waals surface area contributed by atoms with Gasteiger partial charge in [0.15, 0.2) is 0 Å².